The Balaban J connectivity index is 1.98. The molecule has 0 aliphatic carbocycles. The first kappa shape index (κ1) is 18.5. The second-order valence-corrected chi connectivity index (χ2v) is 8.98. The maximum Gasteiger partial charge on any atom is 0.210 e. The first-order valence-electron chi connectivity index (χ1n) is 8.38. The van der Waals surface area contributed by atoms with Crippen LogP contribution in [0.5, 0.6) is 0 Å². The molecule has 1 aliphatic rings. The molecule has 8 heteroatoms. The number of pyridine rings is 1. The molecular weight excluding hydrogens is 407 g/mol. The van der Waals surface area contributed by atoms with E-state index >= 15 is 0 Å². The van der Waals surface area contributed by atoms with Crippen LogP contribution in [0.1, 0.15) is 0 Å². The highest BCUT2D eigenvalue weighted by Crippen LogP contribution is 2.37. The summed E-state index contributed by atoms with van der Waals surface area (Å²) in [5.74, 6) is 0. The van der Waals surface area contributed by atoms with Gasteiger partial charge in [0.05, 0.1) is 29.3 Å². The minimum absolute atomic E-state index is 0.154. The molecule has 5 nitrogen and oxygen atoms in total. The quantitative estimate of drug-likeness (QED) is 0.632. The highest BCUT2D eigenvalue weighted by Gasteiger charge is 2.27. The van der Waals surface area contributed by atoms with E-state index in [-0.39, 0.29) is 9.79 Å². The van der Waals surface area contributed by atoms with E-state index < -0.39 is 9.84 Å². The number of rotatable bonds is 3. The fourth-order valence-corrected chi connectivity index (χ4v) is 4.91. The lowest BCUT2D eigenvalue weighted by Crippen LogP contribution is -2.37. The Morgan fingerprint density at radius 3 is 2.33 bits per heavy atom. The fraction of sp³-hybridized carbons (Fsp3) is 0.211. The lowest BCUT2D eigenvalue weighted by atomic mass is 10.1. The third-order valence-electron chi connectivity index (χ3n) is 4.51. The lowest BCUT2D eigenvalue weighted by Gasteiger charge is -2.31. The standard InChI is InChI=1S/C19H16Cl2N2O3S/c20-13-1-4-15(5-2-13)27(24,25)18-12-22-17-6-3-14(21)11-16(17)19(18)23-7-9-26-10-8-23/h1-6,11-12H,7-10H2. The van der Waals surface area contributed by atoms with Gasteiger partial charge in [-0.05, 0) is 42.5 Å². The molecule has 0 N–H and O–H groups in total. The second-order valence-electron chi connectivity index (χ2n) is 6.19. The van der Waals surface area contributed by atoms with E-state index in [1.54, 1.807) is 30.3 Å². The molecule has 2 aromatic carbocycles. The van der Waals surface area contributed by atoms with Gasteiger partial charge >= 0.3 is 0 Å². The minimum Gasteiger partial charge on any atom is -0.378 e. The molecule has 1 fully saturated rings. The number of morpholine rings is 1. The zero-order valence-corrected chi connectivity index (χ0v) is 16.6. The van der Waals surface area contributed by atoms with Gasteiger partial charge in [-0.25, -0.2) is 8.42 Å². The van der Waals surface area contributed by atoms with Gasteiger partial charge in [-0.1, -0.05) is 23.2 Å². The van der Waals surface area contributed by atoms with Crippen molar-refractivity contribution < 1.29 is 13.2 Å². The van der Waals surface area contributed by atoms with Crippen LogP contribution >= 0.6 is 23.2 Å². The SMILES string of the molecule is O=S(=O)(c1ccc(Cl)cc1)c1cnc2ccc(Cl)cc2c1N1CCOCC1. The fourth-order valence-electron chi connectivity index (χ4n) is 3.18. The molecule has 27 heavy (non-hydrogen) atoms. The van der Waals surface area contributed by atoms with Gasteiger partial charge in [0.2, 0.25) is 9.84 Å². The predicted octanol–water partition coefficient (Wildman–Crippen LogP) is 4.21. The number of anilines is 1. The van der Waals surface area contributed by atoms with Gasteiger partial charge < -0.3 is 9.64 Å². The van der Waals surface area contributed by atoms with Crippen LogP contribution in [0, 0.1) is 0 Å². The van der Waals surface area contributed by atoms with Crippen molar-refractivity contribution in [3.8, 4) is 0 Å². The number of hydrogen-bond acceptors (Lipinski definition) is 5. The molecule has 0 bridgehead atoms. The third kappa shape index (κ3) is 3.50. The number of halogens is 2. The molecule has 2 heterocycles. The maximum absolute atomic E-state index is 13.4. The van der Waals surface area contributed by atoms with Crippen LogP contribution in [0.25, 0.3) is 10.9 Å². The van der Waals surface area contributed by atoms with E-state index in [9.17, 15) is 8.42 Å². The number of sulfone groups is 1. The number of nitrogens with zero attached hydrogens (tertiary/aromatic N) is 2. The average Bonchev–Trinajstić information content (AvgIpc) is 2.68. The number of ether oxygens (including phenoxy) is 1. The Kier molecular flexibility index (Phi) is 4.99. The normalized spacial score (nSPS) is 15.3. The Bertz CT molecular complexity index is 1100. The van der Waals surface area contributed by atoms with Crippen LogP contribution in [0.3, 0.4) is 0 Å². The van der Waals surface area contributed by atoms with Crippen LogP contribution in [-0.4, -0.2) is 39.7 Å². The van der Waals surface area contributed by atoms with Crippen LogP contribution < -0.4 is 4.90 Å². The van der Waals surface area contributed by atoms with Gasteiger partial charge in [0, 0.05) is 34.7 Å². The highest BCUT2D eigenvalue weighted by molar-refractivity contribution is 7.91. The summed E-state index contributed by atoms with van der Waals surface area (Å²) in [7, 11) is -3.79. The number of fused-ring (bicyclic) bond motifs is 1. The molecule has 0 atom stereocenters. The summed E-state index contributed by atoms with van der Waals surface area (Å²) < 4.78 is 32.2. The van der Waals surface area contributed by atoms with Crippen molar-refractivity contribution in [1.29, 1.82) is 0 Å². The minimum atomic E-state index is -3.79. The molecule has 1 saturated heterocycles. The Morgan fingerprint density at radius 1 is 0.963 bits per heavy atom. The molecule has 1 aliphatic heterocycles. The van der Waals surface area contributed by atoms with E-state index in [0.29, 0.717) is 52.9 Å². The molecule has 3 aromatic rings. The van der Waals surface area contributed by atoms with Crippen LogP contribution in [0.15, 0.2) is 58.5 Å². The Morgan fingerprint density at radius 2 is 1.63 bits per heavy atom. The number of benzene rings is 2. The molecule has 0 radical (unpaired) electrons. The third-order valence-corrected chi connectivity index (χ3v) is 6.77. The Hall–Kier alpha value is -1.86. The van der Waals surface area contributed by atoms with Gasteiger partial charge in [-0.3, -0.25) is 4.98 Å². The average molecular weight is 423 g/mol. The molecule has 0 spiro atoms. The highest BCUT2D eigenvalue weighted by atomic mass is 35.5. The topological polar surface area (TPSA) is 59.5 Å². The summed E-state index contributed by atoms with van der Waals surface area (Å²) in [5, 5.41) is 1.71. The van der Waals surface area contributed by atoms with Crippen molar-refractivity contribution in [2.45, 2.75) is 9.79 Å². The summed E-state index contributed by atoms with van der Waals surface area (Å²) in [6.07, 6.45) is 1.42. The molecule has 4 rings (SSSR count). The predicted molar refractivity (Wildman–Crippen MR) is 107 cm³/mol. The van der Waals surface area contributed by atoms with Gasteiger partial charge in [0.25, 0.3) is 0 Å². The molecular formula is C19H16Cl2N2O3S. The van der Waals surface area contributed by atoms with Crippen molar-refractivity contribution >= 4 is 49.6 Å². The van der Waals surface area contributed by atoms with Gasteiger partial charge in [0.1, 0.15) is 4.90 Å². The molecule has 0 amide bonds. The first-order chi connectivity index (χ1) is 13.0. The van der Waals surface area contributed by atoms with Gasteiger partial charge in [-0.2, -0.15) is 0 Å². The summed E-state index contributed by atoms with van der Waals surface area (Å²) in [6.45, 7) is 2.25. The van der Waals surface area contributed by atoms with Crippen molar-refractivity contribution in [3.05, 3.63) is 58.7 Å². The summed E-state index contributed by atoms with van der Waals surface area (Å²) in [6, 6.07) is 11.4. The van der Waals surface area contributed by atoms with E-state index in [1.807, 2.05) is 4.90 Å². The van der Waals surface area contributed by atoms with Crippen LogP contribution in [-0.2, 0) is 14.6 Å². The van der Waals surface area contributed by atoms with Crippen molar-refractivity contribution in [3.63, 3.8) is 0 Å². The molecule has 140 valence electrons. The van der Waals surface area contributed by atoms with Crippen LogP contribution in [0.4, 0.5) is 5.69 Å². The number of aromatic nitrogens is 1. The molecule has 1 aromatic heterocycles. The summed E-state index contributed by atoms with van der Waals surface area (Å²) in [5.41, 5.74) is 1.30. The monoisotopic (exact) mass is 422 g/mol. The number of hydrogen-bond donors (Lipinski definition) is 0. The summed E-state index contributed by atoms with van der Waals surface area (Å²) >= 11 is 12.1. The van der Waals surface area contributed by atoms with E-state index in [1.165, 1.54) is 18.3 Å². The molecule has 0 saturated carbocycles. The van der Waals surface area contributed by atoms with E-state index in [4.69, 9.17) is 27.9 Å². The van der Waals surface area contributed by atoms with Crippen molar-refractivity contribution in [2.75, 3.05) is 31.2 Å². The largest absolute Gasteiger partial charge is 0.378 e. The Labute approximate surface area is 167 Å². The van der Waals surface area contributed by atoms with Crippen molar-refractivity contribution in [1.82, 2.24) is 4.98 Å². The van der Waals surface area contributed by atoms with Crippen molar-refractivity contribution in [2.24, 2.45) is 0 Å². The molecule has 0 unspecified atom stereocenters. The van der Waals surface area contributed by atoms with Gasteiger partial charge in [-0.15, -0.1) is 0 Å². The lowest BCUT2D eigenvalue weighted by molar-refractivity contribution is 0.122. The smallest absolute Gasteiger partial charge is 0.210 e. The van der Waals surface area contributed by atoms with Crippen LogP contribution in [0.2, 0.25) is 10.0 Å². The van der Waals surface area contributed by atoms with E-state index in [2.05, 4.69) is 4.98 Å². The maximum atomic E-state index is 13.4. The van der Waals surface area contributed by atoms with Gasteiger partial charge in [0.15, 0.2) is 0 Å². The zero-order chi connectivity index (χ0) is 19.0. The first-order valence-corrected chi connectivity index (χ1v) is 10.6. The zero-order valence-electron chi connectivity index (χ0n) is 14.2. The van der Waals surface area contributed by atoms with E-state index in [0.717, 1.165) is 0 Å². The summed E-state index contributed by atoms with van der Waals surface area (Å²) in [4.78, 5) is 6.71. The second kappa shape index (κ2) is 7.28.